The van der Waals surface area contributed by atoms with Crippen LogP contribution in [0.15, 0.2) is 59.1 Å². The standard InChI is InChI=1S/C16H17BrO/c1-2-16(18,14-9-4-3-5-10-14)12-13-8-6-7-11-15(13)17/h3-11,18H,2,12H2,1H3. The van der Waals surface area contributed by atoms with E-state index in [1.165, 1.54) is 0 Å². The van der Waals surface area contributed by atoms with Crippen LogP contribution >= 0.6 is 15.9 Å². The number of hydrogen-bond acceptors (Lipinski definition) is 1. The van der Waals surface area contributed by atoms with E-state index in [4.69, 9.17) is 0 Å². The molecule has 0 aromatic heterocycles. The van der Waals surface area contributed by atoms with E-state index < -0.39 is 5.60 Å². The molecule has 0 aliphatic carbocycles. The van der Waals surface area contributed by atoms with Crippen LogP contribution in [-0.4, -0.2) is 5.11 Å². The van der Waals surface area contributed by atoms with Gasteiger partial charge in [0.25, 0.3) is 0 Å². The summed E-state index contributed by atoms with van der Waals surface area (Å²) >= 11 is 3.54. The zero-order valence-corrected chi connectivity index (χ0v) is 12.0. The smallest absolute Gasteiger partial charge is 0.0934 e. The van der Waals surface area contributed by atoms with E-state index >= 15 is 0 Å². The monoisotopic (exact) mass is 304 g/mol. The number of halogens is 1. The van der Waals surface area contributed by atoms with Gasteiger partial charge in [0.15, 0.2) is 0 Å². The number of aliphatic hydroxyl groups is 1. The topological polar surface area (TPSA) is 20.2 Å². The predicted octanol–water partition coefficient (Wildman–Crippen LogP) is 4.29. The van der Waals surface area contributed by atoms with Crippen LogP contribution in [0.3, 0.4) is 0 Å². The van der Waals surface area contributed by atoms with Crippen LogP contribution in [0.25, 0.3) is 0 Å². The highest BCUT2D eigenvalue weighted by atomic mass is 79.9. The molecule has 2 aromatic carbocycles. The molecular formula is C16H17BrO. The van der Waals surface area contributed by atoms with E-state index in [0.29, 0.717) is 12.8 Å². The van der Waals surface area contributed by atoms with E-state index in [1.54, 1.807) is 0 Å². The van der Waals surface area contributed by atoms with Gasteiger partial charge in [0.2, 0.25) is 0 Å². The third-order valence-corrected chi connectivity index (χ3v) is 4.11. The van der Waals surface area contributed by atoms with Crippen molar-refractivity contribution < 1.29 is 5.11 Å². The minimum atomic E-state index is -0.800. The number of rotatable bonds is 4. The molecule has 0 heterocycles. The molecule has 2 heteroatoms. The molecule has 94 valence electrons. The average Bonchev–Trinajstić information content (AvgIpc) is 2.42. The van der Waals surface area contributed by atoms with Crippen molar-refractivity contribution in [1.82, 2.24) is 0 Å². The molecule has 2 aromatic rings. The molecule has 18 heavy (non-hydrogen) atoms. The Kier molecular flexibility index (Phi) is 4.20. The van der Waals surface area contributed by atoms with Gasteiger partial charge < -0.3 is 5.11 Å². The quantitative estimate of drug-likeness (QED) is 0.893. The molecule has 1 unspecified atom stereocenters. The average molecular weight is 305 g/mol. The van der Waals surface area contributed by atoms with Crippen molar-refractivity contribution in [1.29, 1.82) is 0 Å². The normalized spacial score (nSPS) is 14.2. The molecule has 0 aliphatic rings. The van der Waals surface area contributed by atoms with Crippen molar-refractivity contribution in [2.45, 2.75) is 25.4 Å². The highest BCUT2D eigenvalue weighted by Gasteiger charge is 2.27. The molecule has 2 rings (SSSR count). The lowest BCUT2D eigenvalue weighted by molar-refractivity contribution is 0.0326. The van der Waals surface area contributed by atoms with Crippen LogP contribution in [0.2, 0.25) is 0 Å². The molecule has 0 saturated heterocycles. The molecule has 1 atom stereocenters. The maximum Gasteiger partial charge on any atom is 0.0934 e. The van der Waals surface area contributed by atoms with Crippen molar-refractivity contribution >= 4 is 15.9 Å². The lowest BCUT2D eigenvalue weighted by Gasteiger charge is -2.28. The van der Waals surface area contributed by atoms with Crippen LogP contribution in [0, 0.1) is 0 Å². The van der Waals surface area contributed by atoms with Gasteiger partial charge in [-0.25, -0.2) is 0 Å². The maximum atomic E-state index is 10.8. The Balaban J connectivity index is 2.32. The maximum absolute atomic E-state index is 10.8. The molecule has 1 nitrogen and oxygen atoms in total. The zero-order chi connectivity index (χ0) is 13.0. The van der Waals surface area contributed by atoms with Crippen LogP contribution in [0.1, 0.15) is 24.5 Å². The highest BCUT2D eigenvalue weighted by Crippen LogP contribution is 2.31. The molecule has 0 spiro atoms. The molecule has 0 saturated carbocycles. The summed E-state index contributed by atoms with van der Waals surface area (Å²) < 4.78 is 1.05. The minimum absolute atomic E-state index is 0.620. The Morgan fingerprint density at radius 2 is 1.61 bits per heavy atom. The fraction of sp³-hybridized carbons (Fsp3) is 0.250. The second-order valence-electron chi connectivity index (χ2n) is 4.52. The van der Waals surface area contributed by atoms with Crippen molar-refractivity contribution in [3.05, 3.63) is 70.2 Å². The first kappa shape index (κ1) is 13.3. The van der Waals surface area contributed by atoms with Gasteiger partial charge in [-0.3, -0.25) is 0 Å². The third-order valence-electron chi connectivity index (χ3n) is 3.34. The summed E-state index contributed by atoms with van der Waals surface area (Å²) in [6.07, 6.45) is 1.31. The lowest BCUT2D eigenvalue weighted by atomic mass is 9.85. The molecule has 1 N–H and O–H groups in total. The first-order valence-corrected chi connectivity index (χ1v) is 6.96. The van der Waals surface area contributed by atoms with Crippen LogP contribution in [0.4, 0.5) is 0 Å². The molecule has 0 fully saturated rings. The second-order valence-corrected chi connectivity index (χ2v) is 5.37. The Morgan fingerprint density at radius 1 is 1.00 bits per heavy atom. The van der Waals surface area contributed by atoms with Gasteiger partial charge in [-0.15, -0.1) is 0 Å². The summed E-state index contributed by atoms with van der Waals surface area (Å²) in [5.74, 6) is 0. The van der Waals surface area contributed by atoms with E-state index in [1.807, 2.05) is 61.5 Å². The predicted molar refractivity (Wildman–Crippen MR) is 78.5 cm³/mol. The molecule has 0 radical (unpaired) electrons. The minimum Gasteiger partial charge on any atom is -0.385 e. The Morgan fingerprint density at radius 3 is 2.22 bits per heavy atom. The Bertz CT molecular complexity index is 510. The third kappa shape index (κ3) is 2.82. The summed E-state index contributed by atoms with van der Waals surface area (Å²) in [6.45, 7) is 2.02. The molecule has 0 aliphatic heterocycles. The Hall–Kier alpha value is -1.12. The molecular weight excluding hydrogens is 288 g/mol. The van der Waals surface area contributed by atoms with E-state index in [-0.39, 0.29) is 0 Å². The van der Waals surface area contributed by atoms with Gasteiger partial charge in [0, 0.05) is 10.9 Å². The fourth-order valence-electron chi connectivity index (χ4n) is 2.14. The van der Waals surface area contributed by atoms with E-state index in [9.17, 15) is 5.11 Å². The first-order chi connectivity index (χ1) is 8.65. The van der Waals surface area contributed by atoms with E-state index in [2.05, 4.69) is 15.9 Å². The second kappa shape index (κ2) is 5.68. The van der Waals surface area contributed by atoms with Crippen LogP contribution in [0.5, 0.6) is 0 Å². The van der Waals surface area contributed by atoms with Gasteiger partial charge in [0.1, 0.15) is 0 Å². The fourth-order valence-corrected chi connectivity index (χ4v) is 2.56. The van der Waals surface area contributed by atoms with Gasteiger partial charge in [0.05, 0.1) is 5.60 Å². The zero-order valence-electron chi connectivity index (χ0n) is 10.4. The summed E-state index contributed by atoms with van der Waals surface area (Å²) in [4.78, 5) is 0. The summed E-state index contributed by atoms with van der Waals surface area (Å²) in [7, 11) is 0. The molecule has 0 amide bonds. The largest absolute Gasteiger partial charge is 0.385 e. The van der Waals surface area contributed by atoms with Gasteiger partial charge >= 0.3 is 0 Å². The number of hydrogen-bond donors (Lipinski definition) is 1. The van der Waals surface area contributed by atoms with Crippen molar-refractivity contribution in [3.8, 4) is 0 Å². The number of benzene rings is 2. The Labute approximate surface area is 117 Å². The summed E-state index contributed by atoms with van der Waals surface area (Å²) in [5, 5.41) is 10.8. The van der Waals surface area contributed by atoms with Gasteiger partial charge in [-0.1, -0.05) is 71.4 Å². The highest BCUT2D eigenvalue weighted by molar-refractivity contribution is 9.10. The van der Waals surface area contributed by atoms with Crippen LogP contribution < -0.4 is 0 Å². The van der Waals surface area contributed by atoms with Crippen molar-refractivity contribution in [2.24, 2.45) is 0 Å². The van der Waals surface area contributed by atoms with E-state index in [0.717, 1.165) is 15.6 Å². The lowest BCUT2D eigenvalue weighted by Crippen LogP contribution is -2.27. The molecule has 0 bridgehead atoms. The first-order valence-electron chi connectivity index (χ1n) is 6.17. The summed E-state index contributed by atoms with van der Waals surface area (Å²) in [6, 6.07) is 17.9. The van der Waals surface area contributed by atoms with Crippen molar-refractivity contribution in [3.63, 3.8) is 0 Å². The van der Waals surface area contributed by atoms with Crippen LogP contribution in [-0.2, 0) is 12.0 Å². The summed E-state index contributed by atoms with van der Waals surface area (Å²) in [5.41, 5.74) is 1.31. The van der Waals surface area contributed by atoms with Crippen molar-refractivity contribution in [2.75, 3.05) is 0 Å². The van der Waals surface area contributed by atoms with Gasteiger partial charge in [-0.2, -0.15) is 0 Å². The SMILES string of the molecule is CCC(O)(Cc1ccccc1Br)c1ccccc1. The van der Waals surface area contributed by atoms with Gasteiger partial charge in [-0.05, 0) is 23.6 Å².